The van der Waals surface area contributed by atoms with Gasteiger partial charge in [-0.1, -0.05) is 173 Å². The molecule has 12 rings (SSSR count). The Morgan fingerprint density at radius 3 is 1.28 bits per heavy atom. The monoisotopic (exact) mass is 1590 g/mol. The highest BCUT2D eigenvalue weighted by Crippen LogP contribution is 2.32. The number of anilines is 2. The van der Waals surface area contributed by atoms with Gasteiger partial charge < -0.3 is 51.0 Å². The Morgan fingerprint density at radius 2 is 0.884 bits per heavy atom. The zero-order chi connectivity index (χ0) is 78.7. The van der Waals surface area contributed by atoms with E-state index in [0.29, 0.717) is 81.3 Å². The normalized spacial score (nSPS) is 10.1. The number of thiazole rings is 3. The number of nitrogens with one attached hydrogen (secondary N) is 3. The Balaban J connectivity index is 0.000000277. The minimum Gasteiger partial charge on any atom is -0.494 e. The summed E-state index contributed by atoms with van der Waals surface area (Å²) in [5.74, 6) is 4.87. The van der Waals surface area contributed by atoms with Crippen molar-refractivity contribution < 1.29 is 52.4 Å². The third-order valence-corrected chi connectivity index (χ3v) is 19.1. The molecular formula is C88H100ClN9O11S3. The second-order valence-electron chi connectivity index (χ2n) is 24.2. The lowest BCUT2D eigenvalue weighted by atomic mass is 9.98. The smallest absolute Gasteiger partial charge is 0.343 e. The van der Waals surface area contributed by atoms with E-state index < -0.39 is 23.9 Å². The summed E-state index contributed by atoms with van der Waals surface area (Å²) in [6.07, 6.45) is 15.8. The van der Waals surface area contributed by atoms with E-state index in [9.17, 15) is 24.0 Å². The molecule has 0 aliphatic rings. The molecule has 3 aromatic heterocycles. The standard InChI is InChI=1S/C32H35NO5.C32H34O6.C8H8N2S.C7H4ClNS.C7H6N2S.CH6N2.CH4.H3N/c2*1-3-9-24-10-12-25(13-11-24)30-19-18-29(22-27(30)23-33)38-32(35)26-14-16-28(17-15-26)36-20-7-5-6-8-21-37-31(34)4-2;1-9-8-10-6-4-2-3-5-7(6)11-8;2*8-7-9-5-3-1-2-4-6(5)10-7;1-3-2;;/h4,10-19,22-23,33H,2-3,5-9,20-21H2,1H3;4,10-19,22-23H,2-3,5-9,20-21H2,1H3;2-5H,1H3,(H,9,10);1-4H;1-4H,(H2,8,9);3H,2H2,1H3;1H4;1H3. The van der Waals surface area contributed by atoms with Gasteiger partial charge in [0.2, 0.25) is 0 Å². The number of hydrogen-bond acceptors (Lipinski definition) is 23. The number of benzene rings is 9. The topological polar surface area (TPSA) is 314 Å². The summed E-state index contributed by atoms with van der Waals surface area (Å²) >= 11 is 10.4. The number of unbranched alkanes of at least 4 members (excludes halogenated alkanes) is 6. The molecule has 0 aliphatic carbocycles. The van der Waals surface area contributed by atoms with Crippen LogP contribution in [0.2, 0.25) is 4.47 Å². The van der Waals surface area contributed by atoms with Crippen LogP contribution >= 0.6 is 45.6 Å². The molecule has 20 nitrogen and oxygen atoms in total. The van der Waals surface area contributed by atoms with E-state index in [4.69, 9.17) is 51.2 Å². The van der Waals surface area contributed by atoms with Crippen LogP contribution < -0.4 is 47.4 Å². The van der Waals surface area contributed by atoms with Gasteiger partial charge in [-0.15, -0.1) is 11.3 Å². The van der Waals surface area contributed by atoms with Crippen LogP contribution in [0.4, 0.5) is 10.3 Å². The summed E-state index contributed by atoms with van der Waals surface area (Å²) in [6.45, 7) is 12.9. The Kier molecular flexibility index (Phi) is 41.8. The second-order valence-corrected chi connectivity index (χ2v) is 27.9. The van der Waals surface area contributed by atoms with Crippen LogP contribution in [0.15, 0.2) is 232 Å². The largest absolute Gasteiger partial charge is 0.494 e. The van der Waals surface area contributed by atoms with Gasteiger partial charge in [0.1, 0.15) is 23.0 Å². The minimum atomic E-state index is -0.512. The number of nitrogen functional groups attached to an aromatic ring is 1. The van der Waals surface area contributed by atoms with Crippen LogP contribution in [-0.2, 0) is 31.9 Å². The van der Waals surface area contributed by atoms with Gasteiger partial charge in [0.25, 0.3) is 0 Å². The number of fused-ring (bicyclic) bond motifs is 3. The summed E-state index contributed by atoms with van der Waals surface area (Å²) in [5.41, 5.74) is 18.9. The predicted octanol–water partition coefficient (Wildman–Crippen LogP) is 21.2. The fourth-order valence-electron chi connectivity index (χ4n) is 10.6. The Morgan fingerprint density at radius 1 is 0.500 bits per heavy atom. The number of nitrogens with zero attached hydrogens (tertiary/aromatic N) is 3. The number of rotatable bonds is 31. The zero-order valence-corrected chi connectivity index (χ0v) is 66.2. The lowest BCUT2D eigenvalue weighted by molar-refractivity contribution is -0.138. The fourth-order valence-corrected chi connectivity index (χ4v) is 13.2. The number of para-hydroxylation sites is 3. The number of aromatic nitrogens is 3. The summed E-state index contributed by atoms with van der Waals surface area (Å²) in [6, 6.07) is 64.5. The van der Waals surface area contributed by atoms with Crippen molar-refractivity contribution in [2.45, 2.75) is 98.3 Å². The summed E-state index contributed by atoms with van der Waals surface area (Å²) in [7, 11) is 3.54. The second kappa shape index (κ2) is 51.2. The fraction of sp³-hybridized carbons (Fsp3) is 0.239. The Bertz CT molecular complexity index is 4500. The first kappa shape index (κ1) is 91.3. The molecular weight excluding hydrogens is 1490 g/mol. The zero-order valence-electron chi connectivity index (χ0n) is 63.0. The molecule has 3 heterocycles. The average molecular weight is 1590 g/mol. The molecule has 12 aromatic rings. The van der Waals surface area contributed by atoms with Crippen molar-refractivity contribution in [3.8, 4) is 45.3 Å². The molecule has 0 amide bonds. The van der Waals surface area contributed by atoms with Crippen molar-refractivity contribution in [3.63, 3.8) is 0 Å². The maximum absolute atomic E-state index is 12.7. The van der Waals surface area contributed by atoms with Crippen molar-refractivity contribution in [2.24, 2.45) is 5.84 Å². The number of carbonyl (C=O) groups is 5. The molecule has 0 radical (unpaired) electrons. The highest BCUT2D eigenvalue weighted by molar-refractivity contribution is 7.22. The number of esters is 4. The molecule has 0 unspecified atom stereocenters. The average Bonchev–Trinajstić information content (AvgIpc) is 1.33. The molecule has 0 saturated carbocycles. The Hall–Kier alpha value is -11.3. The van der Waals surface area contributed by atoms with Gasteiger partial charge in [-0.2, -0.15) is 0 Å². The number of ether oxygens (including phenoxy) is 6. The van der Waals surface area contributed by atoms with Crippen LogP contribution in [0.25, 0.3) is 52.9 Å². The molecule has 0 bridgehead atoms. The molecule has 0 atom stereocenters. The molecule has 24 heteroatoms. The quantitative estimate of drug-likeness (QED) is 0.00344. The van der Waals surface area contributed by atoms with E-state index in [0.717, 1.165) is 149 Å². The SMILES string of the molecule is C.C=CC(=O)OCCCCCCOc1ccc(C(=O)Oc2ccc(-c3ccc(CCC)cc3)c(C=N)c2)cc1.C=CC(=O)OCCCCCCOc1ccc(C(=O)Oc2ccc(-c3ccc(CCC)cc3)c(C=O)c2)cc1.CNN.CNc1nc2ccccc2s1.Clc1nc2ccccc2s1.N.Nc1nc2ccccc2s1. The maximum Gasteiger partial charge on any atom is 0.343 e. The molecule has 0 saturated heterocycles. The van der Waals surface area contributed by atoms with Crippen molar-refractivity contribution in [3.05, 3.63) is 269 Å². The van der Waals surface area contributed by atoms with E-state index in [1.54, 1.807) is 97.2 Å². The van der Waals surface area contributed by atoms with Gasteiger partial charge in [0, 0.05) is 36.5 Å². The van der Waals surface area contributed by atoms with Crippen LogP contribution in [-0.4, -0.2) is 91.9 Å². The van der Waals surface area contributed by atoms with Gasteiger partial charge in [-0.05, 0) is 220 Å². The van der Waals surface area contributed by atoms with Gasteiger partial charge in [-0.25, -0.2) is 34.1 Å². The first-order valence-electron chi connectivity index (χ1n) is 36.0. The van der Waals surface area contributed by atoms with Crippen molar-refractivity contribution in [1.29, 1.82) is 5.41 Å². The van der Waals surface area contributed by atoms with Crippen molar-refractivity contribution in [2.75, 3.05) is 51.6 Å². The van der Waals surface area contributed by atoms with Crippen molar-refractivity contribution in [1.82, 2.24) is 26.5 Å². The van der Waals surface area contributed by atoms with E-state index >= 15 is 0 Å². The van der Waals surface area contributed by atoms with E-state index in [1.807, 2.05) is 92.0 Å². The highest BCUT2D eigenvalue weighted by Gasteiger charge is 2.15. The minimum absolute atomic E-state index is 0. The number of hydrazine groups is 1. The Labute approximate surface area is 673 Å². The van der Waals surface area contributed by atoms with Gasteiger partial charge in [0.15, 0.2) is 21.0 Å². The van der Waals surface area contributed by atoms with Gasteiger partial charge in [0.05, 0.1) is 68.2 Å². The first-order chi connectivity index (χ1) is 53.6. The predicted molar refractivity (Wildman–Crippen MR) is 461 cm³/mol. The van der Waals surface area contributed by atoms with Gasteiger partial charge >= 0.3 is 23.9 Å². The van der Waals surface area contributed by atoms with Crippen molar-refractivity contribution >= 4 is 123 Å². The lowest BCUT2D eigenvalue weighted by Gasteiger charge is -2.11. The molecule has 112 heavy (non-hydrogen) atoms. The maximum atomic E-state index is 12.7. The number of halogens is 1. The number of aryl methyl sites for hydroxylation is 2. The van der Waals surface area contributed by atoms with E-state index in [2.05, 4.69) is 101 Å². The van der Waals surface area contributed by atoms with Crippen LogP contribution in [0.1, 0.15) is 133 Å². The van der Waals surface area contributed by atoms with Gasteiger partial charge in [-0.3, -0.25) is 16.1 Å². The lowest BCUT2D eigenvalue weighted by Crippen LogP contribution is -2.13. The first-order valence-corrected chi connectivity index (χ1v) is 38.9. The molecule has 588 valence electrons. The number of carbonyl (C=O) groups excluding carboxylic acids is 5. The summed E-state index contributed by atoms with van der Waals surface area (Å²) in [4.78, 5) is 71.5. The van der Waals surface area contributed by atoms with E-state index in [-0.39, 0.29) is 13.6 Å². The molecule has 9 aromatic carbocycles. The summed E-state index contributed by atoms with van der Waals surface area (Å²) < 4.78 is 36.6. The number of hydrogen-bond donors (Lipinski definition) is 6. The molecule has 10 N–H and O–H groups in total. The molecule has 0 spiro atoms. The highest BCUT2D eigenvalue weighted by atomic mass is 35.5. The third kappa shape index (κ3) is 31.2. The molecule has 0 fully saturated rings. The van der Waals surface area contributed by atoms with Crippen LogP contribution in [0, 0.1) is 5.41 Å². The summed E-state index contributed by atoms with van der Waals surface area (Å²) in [5, 5.41) is 12.5. The number of nitrogens with two attached hydrogens (primary N) is 2. The number of aldehydes is 1. The van der Waals surface area contributed by atoms with E-state index in [1.165, 1.54) is 44.7 Å². The third-order valence-electron chi connectivity index (χ3n) is 16.1. The molecule has 0 aliphatic heterocycles. The van der Waals surface area contributed by atoms with Crippen LogP contribution in [0.3, 0.4) is 0 Å². The van der Waals surface area contributed by atoms with Crippen LogP contribution in [0.5, 0.6) is 23.0 Å².